The van der Waals surface area contributed by atoms with Gasteiger partial charge in [0.15, 0.2) is 0 Å². The van der Waals surface area contributed by atoms with Gasteiger partial charge in [0, 0.05) is 4.90 Å². The summed E-state index contributed by atoms with van der Waals surface area (Å²) >= 11 is 0. The molecule has 0 radical (unpaired) electrons. The van der Waals surface area contributed by atoms with Crippen molar-refractivity contribution in [3.8, 4) is 0 Å². The molecular formula is C17H22P2. The van der Waals surface area contributed by atoms with Gasteiger partial charge in [-0.3, -0.25) is 0 Å². The van der Waals surface area contributed by atoms with E-state index in [0.29, 0.717) is 4.90 Å². The van der Waals surface area contributed by atoms with Crippen LogP contribution in [0.1, 0.15) is 26.7 Å². The molecule has 2 aromatic carbocycles. The van der Waals surface area contributed by atoms with Crippen LogP contribution in [0.25, 0.3) is 0 Å². The normalized spacial score (nSPS) is 12.7. The molecule has 0 aliphatic rings. The molecule has 2 atom stereocenters. The molecule has 0 saturated heterocycles. The molecule has 0 heterocycles. The minimum Gasteiger partial charge on any atom is -0.0795 e. The molecule has 0 spiro atoms. The Kier molecular flexibility index (Phi) is 5.56. The Balaban J connectivity index is 2.18. The molecule has 2 rings (SSSR count). The third kappa shape index (κ3) is 4.13. The van der Waals surface area contributed by atoms with Crippen molar-refractivity contribution >= 4 is 27.8 Å². The zero-order valence-corrected chi connectivity index (χ0v) is 13.7. The minimum atomic E-state index is 0.447. The number of rotatable bonds is 6. The Morgan fingerprint density at radius 3 is 1.37 bits per heavy atom. The molecule has 2 unspecified atom stereocenters. The van der Waals surface area contributed by atoms with E-state index in [1.54, 1.807) is 0 Å². The zero-order valence-electron chi connectivity index (χ0n) is 11.7. The zero-order chi connectivity index (χ0) is 13.6. The summed E-state index contributed by atoms with van der Waals surface area (Å²) in [4.78, 5) is 0.447. The molecule has 0 nitrogen and oxygen atoms in total. The van der Waals surface area contributed by atoms with Crippen molar-refractivity contribution in [3.63, 3.8) is 0 Å². The number of benzene rings is 2. The molecule has 0 aliphatic heterocycles. The summed E-state index contributed by atoms with van der Waals surface area (Å²) in [5.74, 6) is 0. The lowest BCUT2D eigenvalue weighted by molar-refractivity contribution is 0.732. The summed E-state index contributed by atoms with van der Waals surface area (Å²) < 4.78 is 0. The van der Waals surface area contributed by atoms with Crippen LogP contribution in [0, 0.1) is 0 Å². The van der Waals surface area contributed by atoms with Gasteiger partial charge in [0.1, 0.15) is 0 Å². The highest BCUT2D eigenvalue weighted by molar-refractivity contribution is 7.67. The standard InChI is InChI=1S/C17H22P2/c1-3-17(4-2,18-15-11-7-5-8-12-15)19-16-13-9-6-10-14-16/h5-14,18-19H,3-4H2,1-2H3. The van der Waals surface area contributed by atoms with E-state index in [2.05, 4.69) is 74.5 Å². The molecule has 2 heteroatoms. The van der Waals surface area contributed by atoms with Gasteiger partial charge in [0.25, 0.3) is 0 Å². The molecule has 0 amide bonds. The molecule has 100 valence electrons. The Labute approximate surface area is 120 Å². The highest BCUT2D eigenvalue weighted by atomic mass is 31.1. The fraction of sp³-hybridized carbons (Fsp3) is 0.294. The van der Waals surface area contributed by atoms with Crippen LogP contribution in [0.4, 0.5) is 0 Å². The highest BCUT2D eigenvalue weighted by Crippen LogP contribution is 2.50. The molecule has 0 fully saturated rings. The van der Waals surface area contributed by atoms with Crippen molar-refractivity contribution in [2.75, 3.05) is 0 Å². The average Bonchev–Trinajstić information content (AvgIpc) is 2.48. The second-order valence-corrected chi connectivity index (χ2v) is 8.84. The Hall–Kier alpha value is -0.700. The fourth-order valence-electron chi connectivity index (χ4n) is 2.23. The topological polar surface area (TPSA) is 0 Å². The predicted molar refractivity (Wildman–Crippen MR) is 92.1 cm³/mol. The third-order valence-corrected chi connectivity index (χ3v) is 7.89. The summed E-state index contributed by atoms with van der Waals surface area (Å²) in [6, 6.07) is 21.9. The van der Waals surface area contributed by atoms with Crippen LogP contribution in [-0.4, -0.2) is 4.90 Å². The SMILES string of the molecule is CCC(CC)(Pc1ccccc1)Pc1ccccc1. The molecule has 0 aliphatic carbocycles. The third-order valence-electron chi connectivity index (χ3n) is 3.52. The van der Waals surface area contributed by atoms with Crippen molar-refractivity contribution in [2.45, 2.75) is 31.6 Å². The maximum atomic E-state index is 2.34. The van der Waals surface area contributed by atoms with E-state index < -0.39 is 0 Å². The first-order chi connectivity index (χ1) is 9.28. The first-order valence-corrected chi connectivity index (χ1v) is 8.94. The maximum Gasteiger partial charge on any atom is 0.0127 e. The van der Waals surface area contributed by atoms with Crippen molar-refractivity contribution < 1.29 is 0 Å². The van der Waals surface area contributed by atoms with Gasteiger partial charge in [-0.15, -0.1) is 0 Å². The van der Waals surface area contributed by atoms with Crippen LogP contribution in [0.2, 0.25) is 0 Å². The van der Waals surface area contributed by atoms with Gasteiger partial charge in [-0.05, 0) is 23.5 Å². The van der Waals surface area contributed by atoms with Crippen LogP contribution in [0.15, 0.2) is 60.7 Å². The van der Waals surface area contributed by atoms with Gasteiger partial charge in [-0.25, -0.2) is 0 Å². The van der Waals surface area contributed by atoms with Gasteiger partial charge in [0.2, 0.25) is 0 Å². The van der Waals surface area contributed by atoms with Crippen molar-refractivity contribution in [1.29, 1.82) is 0 Å². The molecule has 2 aromatic rings. The largest absolute Gasteiger partial charge is 0.0795 e. The second-order valence-electron chi connectivity index (χ2n) is 4.77. The molecule has 0 bridgehead atoms. The minimum absolute atomic E-state index is 0.447. The lowest BCUT2D eigenvalue weighted by Crippen LogP contribution is -2.21. The summed E-state index contributed by atoms with van der Waals surface area (Å²) in [6.45, 7) is 4.69. The van der Waals surface area contributed by atoms with Crippen molar-refractivity contribution in [2.24, 2.45) is 0 Å². The van der Waals surface area contributed by atoms with Crippen LogP contribution in [0.3, 0.4) is 0 Å². The van der Waals surface area contributed by atoms with E-state index in [-0.39, 0.29) is 0 Å². The van der Waals surface area contributed by atoms with Gasteiger partial charge in [-0.1, -0.05) is 91.7 Å². The lowest BCUT2D eigenvalue weighted by atomic mass is 10.2. The monoisotopic (exact) mass is 288 g/mol. The Morgan fingerprint density at radius 1 is 0.684 bits per heavy atom. The number of hydrogen-bond acceptors (Lipinski definition) is 0. The van der Waals surface area contributed by atoms with E-state index in [0.717, 1.165) is 17.2 Å². The smallest absolute Gasteiger partial charge is 0.0127 e. The predicted octanol–water partition coefficient (Wildman–Crippen LogP) is 4.51. The van der Waals surface area contributed by atoms with Gasteiger partial charge < -0.3 is 0 Å². The molecule has 0 saturated carbocycles. The summed E-state index contributed by atoms with van der Waals surface area (Å²) in [6.07, 6.45) is 2.51. The molecule has 0 N–H and O–H groups in total. The van der Waals surface area contributed by atoms with Crippen LogP contribution in [0.5, 0.6) is 0 Å². The van der Waals surface area contributed by atoms with Crippen molar-refractivity contribution in [3.05, 3.63) is 60.7 Å². The quantitative estimate of drug-likeness (QED) is 0.686. The highest BCUT2D eigenvalue weighted by Gasteiger charge is 2.26. The van der Waals surface area contributed by atoms with E-state index in [1.807, 2.05) is 0 Å². The Morgan fingerprint density at radius 2 is 1.05 bits per heavy atom. The summed E-state index contributed by atoms with van der Waals surface area (Å²) in [5, 5.41) is 2.99. The van der Waals surface area contributed by atoms with E-state index in [4.69, 9.17) is 0 Å². The molecular weight excluding hydrogens is 266 g/mol. The van der Waals surface area contributed by atoms with Gasteiger partial charge in [0.05, 0.1) is 0 Å². The van der Waals surface area contributed by atoms with Crippen LogP contribution >= 0.6 is 17.2 Å². The molecule has 19 heavy (non-hydrogen) atoms. The van der Waals surface area contributed by atoms with Gasteiger partial charge in [-0.2, -0.15) is 0 Å². The fourth-order valence-corrected chi connectivity index (χ4v) is 5.88. The lowest BCUT2D eigenvalue weighted by Gasteiger charge is -2.32. The maximum absolute atomic E-state index is 2.34. The number of hydrogen-bond donors (Lipinski definition) is 0. The summed E-state index contributed by atoms with van der Waals surface area (Å²) in [7, 11) is 1.81. The Bertz CT molecular complexity index is 432. The van der Waals surface area contributed by atoms with E-state index in [1.165, 1.54) is 23.5 Å². The van der Waals surface area contributed by atoms with Crippen molar-refractivity contribution in [1.82, 2.24) is 0 Å². The van der Waals surface area contributed by atoms with E-state index >= 15 is 0 Å². The summed E-state index contributed by atoms with van der Waals surface area (Å²) in [5.41, 5.74) is 0. The van der Waals surface area contributed by atoms with Crippen LogP contribution in [-0.2, 0) is 0 Å². The second kappa shape index (κ2) is 7.18. The first-order valence-electron chi connectivity index (χ1n) is 6.94. The first kappa shape index (κ1) is 14.7. The van der Waals surface area contributed by atoms with Crippen LogP contribution < -0.4 is 10.6 Å². The average molecular weight is 288 g/mol. The van der Waals surface area contributed by atoms with Gasteiger partial charge >= 0.3 is 0 Å². The van der Waals surface area contributed by atoms with E-state index in [9.17, 15) is 0 Å². The molecule has 0 aromatic heterocycles.